The lowest BCUT2D eigenvalue weighted by Gasteiger charge is -2.36. The number of sulfonamides is 1. The van der Waals surface area contributed by atoms with Gasteiger partial charge in [-0.05, 0) is 28.8 Å². The molecule has 0 radical (unpaired) electrons. The van der Waals surface area contributed by atoms with Crippen molar-refractivity contribution in [1.82, 2.24) is 14.5 Å². The summed E-state index contributed by atoms with van der Waals surface area (Å²) in [5, 5.41) is 4.56. The molecule has 7 nitrogen and oxygen atoms in total. The van der Waals surface area contributed by atoms with E-state index in [9.17, 15) is 18.0 Å². The minimum Gasteiger partial charge on any atom is -0.344 e. The Bertz CT molecular complexity index is 1010. The number of benzene rings is 2. The van der Waals surface area contributed by atoms with Crippen LogP contribution < -0.4 is 5.32 Å². The van der Waals surface area contributed by atoms with Gasteiger partial charge < -0.3 is 10.2 Å². The second-order valence-electron chi connectivity index (χ2n) is 7.66. The van der Waals surface area contributed by atoms with E-state index in [1.54, 1.807) is 17.0 Å². The summed E-state index contributed by atoms with van der Waals surface area (Å²) in [6, 6.07) is 12.1. The number of amides is 2. The van der Waals surface area contributed by atoms with Crippen molar-refractivity contribution < 1.29 is 18.0 Å². The molecule has 1 atom stereocenters. The van der Waals surface area contributed by atoms with Gasteiger partial charge in [-0.3, -0.25) is 9.59 Å². The van der Waals surface area contributed by atoms with Gasteiger partial charge in [0.2, 0.25) is 21.8 Å². The molecule has 1 aliphatic heterocycles. The molecule has 3 rings (SSSR count). The van der Waals surface area contributed by atoms with Gasteiger partial charge in [0.25, 0.3) is 0 Å². The fourth-order valence-electron chi connectivity index (χ4n) is 3.56. The molecule has 1 aliphatic rings. The lowest BCUT2D eigenvalue weighted by Crippen LogP contribution is -2.56. The largest absolute Gasteiger partial charge is 0.344 e. The molecular weight excluding hydrogens is 390 g/mol. The van der Waals surface area contributed by atoms with Crippen molar-refractivity contribution in [2.45, 2.75) is 31.7 Å². The van der Waals surface area contributed by atoms with Crippen LogP contribution in [-0.2, 0) is 19.6 Å². The Morgan fingerprint density at radius 2 is 1.59 bits per heavy atom. The van der Waals surface area contributed by atoms with Gasteiger partial charge in [0.05, 0.1) is 4.90 Å². The van der Waals surface area contributed by atoms with Crippen LogP contribution in [0.2, 0.25) is 0 Å². The van der Waals surface area contributed by atoms with Gasteiger partial charge in [0, 0.05) is 33.1 Å². The summed E-state index contributed by atoms with van der Waals surface area (Å²) >= 11 is 0. The average molecular weight is 418 g/mol. The van der Waals surface area contributed by atoms with Gasteiger partial charge in [0.1, 0.15) is 6.04 Å². The van der Waals surface area contributed by atoms with Crippen LogP contribution in [0.5, 0.6) is 0 Å². The standard InChI is InChI=1S/C21H27N3O4S/c1-15(2)20(22-16(3)25)21(26)23-10-12-24(13-11-23)29(27,28)19-9-8-17-6-4-5-7-18(17)14-19/h4-9,14-15,20H,10-13H2,1-3H3,(H,22,25). The molecule has 2 aromatic rings. The lowest BCUT2D eigenvalue weighted by atomic mass is 10.0. The normalized spacial score (nSPS) is 16.8. The molecule has 29 heavy (non-hydrogen) atoms. The predicted molar refractivity (Wildman–Crippen MR) is 112 cm³/mol. The summed E-state index contributed by atoms with van der Waals surface area (Å²) in [6.45, 7) is 6.19. The molecule has 1 fully saturated rings. The summed E-state index contributed by atoms with van der Waals surface area (Å²) < 4.78 is 27.5. The van der Waals surface area contributed by atoms with Crippen LogP contribution >= 0.6 is 0 Å². The number of carbonyl (C=O) groups is 2. The summed E-state index contributed by atoms with van der Waals surface area (Å²) in [5.41, 5.74) is 0. The number of nitrogens with one attached hydrogen (secondary N) is 1. The summed E-state index contributed by atoms with van der Waals surface area (Å²) in [5.74, 6) is -0.474. The zero-order chi connectivity index (χ0) is 21.2. The van der Waals surface area contributed by atoms with Crippen molar-refractivity contribution in [2.75, 3.05) is 26.2 Å². The second kappa shape index (κ2) is 8.51. The Balaban J connectivity index is 1.71. The van der Waals surface area contributed by atoms with E-state index in [1.165, 1.54) is 11.2 Å². The maximum Gasteiger partial charge on any atom is 0.245 e. The third-order valence-electron chi connectivity index (χ3n) is 5.20. The monoisotopic (exact) mass is 417 g/mol. The molecule has 1 heterocycles. The number of piperazine rings is 1. The number of nitrogens with zero attached hydrogens (tertiary/aromatic N) is 2. The van der Waals surface area contributed by atoms with Crippen molar-refractivity contribution in [3.05, 3.63) is 42.5 Å². The second-order valence-corrected chi connectivity index (χ2v) is 9.60. The third kappa shape index (κ3) is 4.59. The number of hydrogen-bond acceptors (Lipinski definition) is 4. The van der Waals surface area contributed by atoms with Gasteiger partial charge in [-0.1, -0.05) is 44.2 Å². The van der Waals surface area contributed by atoms with Crippen LogP contribution in [0.3, 0.4) is 0 Å². The SMILES string of the molecule is CC(=O)NC(C(=O)N1CCN(S(=O)(=O)c2ccc3ccccc3c2)CC1)C(C)C. The predicted octanol–water partition coefficient (Wildman–Crippen LogP) is 1.83. The van der Waals surface area contributed by atoms with E-state index in [4.69, 9.17) is 0 Å². The maximum absolute atomic E-state index is 13.1. The van der Waals surface area contributed by atoms with Gasteiger partial charge >= 0.3 is 0 Å². The lowest BCUT2D eigenvalue weighted by molar-refractivity contribution is -0.138. The third-order valence-corrected chi connectivity index (χ3v) is 7.10. The first kappa shape index (κ1) is 21.3. The van der Waals surface area contributed by atoms with Gasteiger partial charge in [-0.15, -0.1) is 0 Å². The van der Waals surface area contributed by atoms with Crippen LogP contribution in [0.15, 0.2) is 47.4 Å². The van der Waals surface area contributed by atoms with Crippen molar-refractivity contribution in [3.63, 3.8) is 0 Å². The van der Waals surface area contributed by atoms with E-state index in [2.05, 4.69) is 5.32 Å². The van der Waals surface area contributed by atoms with Crippen molar-refractivity contribution in [3.8, 4) is 0 Å². The molecule has 0 aliphatic carbocycles. The highest BCUT2D eigenvalue weighted by Gasteiger charge is 2.33. The Labute approximate surface area is 171 Å². The van der Waals surface area contributed by atoms with Gasteiger partial charge in [-0.2, -0.15) is 4.31 Å². The molecule has 2 amide bonds. The molecule has 0 aromatic heterocycles. The molecule has 2 aromatic carbocycles. The Morgan fingerprint density at radius 1 is 0.966 bits per heavy atom. The van der Waals surface area contributed by atoms with Crippen LogP contribution in [0.25, 0.3) is 10.8 Å². The molecule has 1 unspecified atom stereocenters. The van der Waals surface area contributed by atoms with E-state index in [0.717, 1.165) is 10.8 Å². The van der Waals surface area contributed by atoms with Gasteiger partial charge in [-0.25, -0.2) is 8.42 Å². The fraction of sp³-hybridized carbons (Fsp3) is 0.429. The molecule has 1 N–H and O–H groups in total. The summed E-state index contributed by atoms with van der Waals surface area (Å²) in [4.78, 5) is 26.1. The van der Waals surface area contributed by atoms with Crippen molar-refractivity contribution in [2.24, 2.45) is 5.92 Å². The maximum atomic E-state index is 13.1. The van der Waals surface area contributed by atoms with Gasteiger partial charge in [0.15, 0.2) is 0 Å². The van der Waals surface area contributed by atoms with E-state index in [1.807, 2.05) is 44.2 Å². The smallest absolute Gasteiger partial charge is 0.245 e. The minimum absolute atomic E-state index is 0.0502. The zero-order valence-corrected chi connectivity index (χ0v) is 17.8. The first-order valence-corrected chi connectivity index (χ1v) is 11.2. The highest BCUT2D eigenvalue weighted by Crippen LogP contribution is 2.23. The molecular formula is C21H27N3O4S. The molecule has 0 saturated carbocycles. The Morgan fingerprint density at radius 3 is 2.17 bits per heavy atom. The molecule has 1 saturated heterocycles. The van der Waals surface area contributed by atoms with E-state index >= 15 is 0 Å². The molecule has 8 heteroatoms. The number of hydrogen-bond donors (Lipinski definition) is 1. The van der Waals surface area contributed by atoms with Crippen molar-refractivity contribution >= 4 is 32.6 Å². The minimum atomic E-state index is -3.63. The van der Waals surface area contributed by atoms with E-state index in [-0.39, 0.29) is 35.7 Å². The first-order chi connectivity index (χ1) is 13.7. The van der Waals surface area contributed by atoms with Crippen LogP contribution in [0.1, 0.15) is 20.8 Å². The van der Waals surface area contributed by atoms with E-state index in [0.29, 0.717) is 13.1 Å². The van der Waals surface area contributed by atoms with Crippen LogP contribution in [0, 0.1) is 5.92 Å². The number of carbonyl (C=O) groups excluding carboxylic acids is 2. The topological polar surface area (TPSA) is 86.8 Å². The van der Waals surface area contributed by atoms with Crippen molar-refractivity contribution in [1.29, 1.82) is 0 Å². The molecule has 0 bridgehead atoms. The highest BCUT2D eigenvalue weighted by molar-refractivity contribution is 7.89. The Hall–Kier alpha value is -2.45. The summed E-state index contributed by atoms with van der Waals surface area (Å²) in [6.07, 6.45) is 0. The zero-order valence-electron chi connectivity index (χ0n) is 17.0. The molecule has 156 valence electrons. The number of fused-ring (bicyclic) bond motifs is 1. The molecule has 0 spiro atoms. The van der Waals surface area contributed by atoms with E-state index < -0.39 is 16.1 Å². The average Bonchev–Trinajstić information content (AvgIpc) is 2.71. The first-order valence-electron chi connectivity index (χ1n) is 9.75. The van der Waals surface area contributed by atoms with Crippen LogP contribution in [0.4, 0.5) is 0 Å². The Kier molecular flexibility index (Phi) is 6.24. The number of rotatable bonds is 5. The fourth-order valence-corrected chi connectivity index (χ4v) is 5.01. The summed E-state index contributed by atoms with van der Waals surface area (Å²) in [7, 11) is -3.63. The quantitative estimate of drug-likeness (QED) is 0.804. The highest BCUT2D eigenvalue weighted by atomic mass is 32.2. The van der Waals surface area contributed by atoms with Crippen LogP contribution in [-0.4, -0.2) is 61.7 Å².